The molecule has 1 aromatic heterocycles. The summed E-state index contributed by atoms with van der Waals surface area (Å²) in [4.78, 5) is 6.62. The molecular formula is C21H23N3O2. The number of aliphatic hydroxyl groups is 2. The Labute approximate surface area is 153 Å². The number of nitrogens with zero attached hydrogens (tertiary/aromatic N) is 3. The molecule has 1 aliphatic heterocycles. The van der Waals surface area contributed by atoms with E-state index in [0.29, 0.717) is 24.5 Å². The summed E-state index contributed by atoms with van der Waals surface area (Å²) in [5.74, 6) is 0.808. The van der Waals surface area contributed by atoms with Crippen molar-refractivity contribution in [3.63, 3.8) is 0 Å². The molecule has 2 fully saturated rings. The minimum atomic E-state index is -0.556. The highest BCUT2D eigenvalue weighted by atomic mass is 16.3. The molecule has 0 bridgehead atoms. The molecule has 5 nitrogen and oxygen atoms in total. The molecule has 1 spiro atoms. The number of hydrogen-bond acceptors (Lipinski definition) is 5. The third-order valence-electron chi connectivity index (χ3n) is 6.13. The smallest absolute Gasteiger partial charge is 0.147 e. The average Bonchev–Trinajstić information content (AvgIpc) is 3.16. The molecule has 5 heteroatoms. The van der Waals surface area contributed by atoms with Crippen LogP contribution in [0.1, 0.15) is 28.3 Å². The van der Waals surface area contributed by atoms with Gasteiger partial charge < -0.3 is 15.1 Å². The van der Waals surface area contributed by atoms with Gasteiger partial charge in [-0.1, -0.05) is 30.3 Å². The van der Waals surface area contributed by atoms with Crippen LogP contribution in [0, 0.1) is 36.5 Å². The van der Waals surface area contributed by atoms with Gasteiger partial charge in [-0.3, -0.25) is 0 Å². The van der Waals surface area contributed by atoms with Crippen LogP contribution in [0.5, 0.6) is 0 Å². The summed E-state index contributed by atoms with van der Waals surface area (Å²) in [6.45, 7) is 4.92. The number of aromatic nitrogens is 1. The monoisotopic (exact) mass is 349 g/mol. The molecule has 1 aliphatic carbocycles. The van der Waals surface area contributed by atoms with Crippen LogP contribution in [0.3, 0.4) is 0 Å². The van der Waals surface area contributed by atoms with Crippen LogP contribution >= 0.6 is 0 Å². The summed E-state index contributed by atoms with van der Waals surface area (Å²) < 4.78 is 0. The van der Waals surface area contributed by atoms with Gasteiger partial charge in [-0.2, -0.15) is 5.26 Å². The number of benzene rings is 1. The lowest BCUT2D eigenvalue weighted by Crippen LogP contribution is -2.24. The number of pyridine rings is 1. The Morgan fingerprint density at radius 1 is 1.31 bits per heavy atom. The van der Waals surface area contributed by atoms with Gasteiger partial charge in [-0.15, -0.1) is 0 Å². The topological polar surface area (TPSA) is 80.4 Å². The van der Waals surface area contributed by atoms with E-state index in [2.05, 4.69) is 23.2 Å². The number of hydrogen-bond donors (Lipinski definition) is 2. The Morgan fingerprint density at radius 3 is 2.69 bits per heavy atom. The Balaban J connectivity index is 1.71. The van der Waals surface area contributed by atoms with Crippen LogP contribution in [-0.4, -0.2) is 41.0 Å². The standard InChI is InChI=1S/C21H23N3O2/c1-13-8-14(2)23-20(16(13)9-22)24-10-18(26)21(12-24)17(11-25)19(21)15-6-4-3-5-7-15/h3-8,17-19,25-26H,10-12H2,1-2H3/t17-,18+,19-,21-/m1/s1. The maximum atomic E-state index is 10.9. The van der Waals surface area contributed by atoms with Crippen molar-refractivity contribution in [1.82, 2.24) is 4.98 Å². The largest absolute Gasteiger partial charge is 0.396 e. The fourth-order valence-corrected chi connectivity index (χ4v) is 4.91. The Hall–Kier alpha value is -2.42. The zero-order valence-corrected chi connectivity index (χ0v) is 15.1. The average molecular weight is 349 g/mol. The lowest BCUT2D eigenvalue weighted by molar-refractivity contribution is 0.113. The number of aliphatic hydroxyl groups excluding tert-OH is 2. The van der Waals surface area contributed by atoms with Crippen molar-refractivity contribution in [2.45, 2.75) is 25.9 Å². The second kappa shape index (κ2) is 6.08. The lowest BCUT2D eigenvalue weighted by atomic mass is 9.95. The molecule has 0 radical (unpaired) electrons. The first-order chi connectivity index (χ1) is 12.5. The normalized spacial score (nSPS) is 29.8. The number of anilines is 1. The highest BCUT2D eigenvalue weighted by Gasteiger charge is 2.71. The number of β-amino-alcohol motifs (C(OH)–C–C–N with tert-alkyl or cyclic N) is 1. The van der Waals surface area contributed by atoms with E-state index in [0.717, 1.165) is 16.8 Å². The van der Waals surface area contributed by atoms with Crippen molar-refractivity contribution in [2.24, 2.45) is 11.3 Å². The molecular weight excluding hydrogens is 326 g/mol. The fraction of sp³-hybridized carbons (Fsp3) is 0.429. The number of rotatable bonds is 3. The maximum Gasteiger partial charge on any atom is 0.147 e. The van der Waals surface area contributed by atoms with Gasteiger partial charge in [0.05, 0.1) is 11.7 Å². The van der Waals surface area contributed by atoms with Gasteiger partial charge in [0, 0.05) is 30.8 Å². The maximum absolute atomic E-state index is 10.9. The highest BCUT2D eigenvalue weighted by Crippen LogP contribution is 2.68. The van der Waals surface area contributed by atoms with E-state index < -0.39 is 6.10 Å². The van der Waals surface area contributed by atoms with E-state index in [1.165, 1.54) is 0 Å². The van der Waals surface area contributed by atoms with E-state index in [-0.39, 0.29) is 23.9 Å². The molecule has 2 aromatic rings. The van der Waals surface area contributed by atoms with Crippen molar-refractivity contribution in [3.8, 4) is 6.07 Å². The Morgan fingerprint density at radius 2 is 2.04 bits per heavy atom. The van der Waals surface area contributed by atoms with E-state index >= 15 is 0 Å². The third kappa shape index (κ3) is 2.33. The quantitative estimate of drug-likeness (QED) is 0.887. The first kappa shape index (κ1) is 17.0. The Bertz CT molecular complexity index is 877. The summed E-state index contributed by atoms with van der Waals surface area (Å²) in [5, 5.41) is 30.4. The van der Waals surface area contributed by atoms with Gasteiger partial charge in [0.15, 0.2) is 0 Å². The third-order valence-corrected chi connectivity index (χ3v) is 6.13. The van der Waals surface area contributed by atoms with Crippen LogP contribution in [0.25, 0.3) is 0 Å². The van der Waals surface area contributed by atoms with Crippen LogP contribution in [0.15, 0.2) is 36.4 Å². The van der Waals surface area contributed by atoms with E-state index in [1.807, 2.05) is 43.0 Å². The van der Waals surface area contributed by atoms with Crippen LogP contribution in [-0.2, 0) is 0 Å². The van der Waals surface area contributed by atoms with Gasteiger partial charge in [0.2, 0.25) is 0 Å². The SMILES string of the molecule is Cc1cc(C)c(C#N)c(N2C[C@H](O)[C@@]3(C2)[C@H](CO)[C@H]3c2ccccc2)n1. The summed E-state index contributed by atoms with van der Waals surface area (Å²) in [6.07, 6.45) is -0.556. The zero-order valence-electron chi connectivity index (χ0n) is 15.1. The van der Waals surface area contributed by atoms with Gasteiger partial charge in [-0.05, 0) is 42.9 Å². The van der Waals surface area contributed by atoms with Crippen molar-refractivity contribution < 1.29 is 10.2 Å². The minimum Gasteiger partial charge on any atom is -0.396 e. The second-order valence-electron chi connectivity index (χ2n) is 7.58. The summed E-state index contributed by atoms with van der Waals surface area (Å²) >= 11 is 0. The van der Waals surface area contributed by atoms with E-state index in [4.69, 9.17) is 0 Å². The molecule has 0 unspecified atom stereocenters. The minimum absolute atomic E-state index is 0.0290. The van der Waals surface area contributed by atoms with Crippen molar-refractivity contribution >= 4 is 5.82 Å². The first-order valence-corrected chi connectivity index (χ1v) is 9.00. The van der Waals surface area contributed by atoms with Crippen molar-refractivity contribution in [3.05, 3.63) is 58.8 Å². The van der Waals surface area contributed by atoms with E-state index in [1.54, 1.807) is 0 Å². The molecule has 4 rings (SSSR count). The first-order valence-electron chi connectivity index (χ1n) is 9.00. The van der Waals surface area contributed by atoms with Crippen LogP contribution in [0.4, 0.5) is 5.82 Å². The molecule has 2 N–H and O–H groups in total. The van der Waals surface area contributed by atoms with Gasteiger partial charge in [0.1, 0.15) is 11.9 Å². The zero-order chi connectivity index (χ0) is 18.5. The Kier molecular flexibility index (Phi) is 3.98. The molecule has 2 aliphatic rings. The van der Waals surface area contributed by atoms with Crippen molar-refractivity contribution in [1.29, 1.82) is 5.26 Å². The molecule has 0 amide bonds. The van der Waals surface area contributed by atoms with Crippen LogP contribution in [0.2, 0.25) is 0 Å². The van der Waals surface area contributed by atoms with Gasteiger partial charge >= 0.3 is 0 Å². The molecule has 134 valence electrons. The number of nitriles is 1. The number of aryl methyl sites for hydroxylation is 2. The summed E-state index contributed by atoms with van der Waals surface area (Å²) in [6, 6.07) is 14.3. The van der Waals surface area contributed by atoms with E-state index in [9.17, 15) is 15.5 Å². The van der Waals surface area contributed by atoms with Gasteiger partial charge in [0.25, 0.3) is 0 Å². The molecule has 4 atom stereocenters. The molecule has 2 heterocycles. The van der Waals surface area contributed by atoms with Crippen LogP contribution < -0.4 is 4.90 Å². The molecule has 1 saturated carbocycles. The molecule has 1 aromatic carbocycles. The van der Waals surface area contributed by atoms with Crippen molar-refractivity contribution in [2.75, 3.05) is 24.6 Å². The summed E-state index contributed by atoms with van der Waals surface area (Å²) in [5.41, 5.74) is 3.11. The highest BCUT2D eigenvalue weighted by molar-refractivity contribution is 5.60. The van der Waals surface area contributed by atoms with Gasteiger partial charge in [-0.25, -0.2) is 4.98 Å². The predicted molar refractivity (Wildman–Crippen MR) is 98.8 cm³/mol. The lowest BCUT2D eigenvalue weighted by Gasteiger charge is -2.20. The molecule has 26 heavy (non-hydrogen) atoms. The fourth-order valence-electron chi connectivity index (χ4n) is 4.91. The molecule has 1 saturated heterocycles. The summed E-state index contributed by atoms with van der Waals surface area (Å²) in [7, 11) is 0. The predicted octanol–water partition coefficient (Wildman–Crippen LogP) is 2.14. The second-order valence-corrected chi connectivity index (χ2v) is 7.58.